The van der Waals surface area contributed by atoms with Gasteiger partial charge >= 0.3 is 0 Å². The number of hydrogen-bond donors (Lipinski definition) is 1. The third-order valence-corrected chi connectivity index (χ3v) is 3.92. The summed E-state index contributed by atoms with van der Waals surface area (Å²) >= 11 is 1.62. The Labute approximate surface area is 114 Å². The Bertz CT molecular complexity index is 333. The van der Waals surface area contributed by atoms with Gasteiger partial charge in [0.05, 0.1) is 0 Å². The molecule has 0 bridgehead atoms. The third-order valence-electron chi connectivity index (χ3n) is 3.28. The highest BCUT2D eigenvalue weighted by Crippen LogP contribution is 2.11. The lowest BCUT2D eigenvalue weighted by Gasteiger charge is -2.19. The lowest BCUT2D eigenvalue weighted by molar-refractivity contribution is 0.296. The van der Waals surface area contributed by atoms with E-state index < -0.39 is 0 Å². The van der Waals surface area contributed by atoms with Crippen LogP contribution in [0.25, 0.3) is 0 Å². The predicted octanol–water partition coefficient (Wildman–Crippen LogP) is 2.49. The summed E-state index contributed by atoms with van der Waals surface area (Å²) in [5.41, 5.74) is 0. The second-order valence-electron chi connectivity index (χ2n) is 4.64. The van der Waals surface area contributed by atoms with Gasteiger partial charge < -0.3 is 10.2 Å². The summed E-state index contributed by atoms with van der Waals surface area (Å²) in [6, 6.07) is 4.01. The molecule has 1 aromatic rings. The first-order valence-corrected chi connectivity index (χ1v) is 7.95. The van der Waals surface area contributed by atoms with Gasteiger partial charge in [0.25, 0.3) is 0 Å². The molecule has 1 aliphatic rings. The van der Waals surface area contributed by atoms with Crippen LogP contribution < -0.4 is 5.32 Å². The zero-order valence-corrected chi connectivity index (χ0v) is 11.9. The zero-order valence-electron chi connectivity index (χ0n) is 11.1. The summed E-state index contributed by atoms with van der Waals surface area (Å²) in [7, 11) is 0. The highest BCUT2D eigenvalue weighted by Gasteiger charge is 2.08. The van der Waals surface area contributed by atoms with Crippen LogP contribution in [0.5, 0.6) is 0 Å². The van der Waals surface area contributed by atoms with Gasteiger partial charge in [-0.3, -0.25) is 0 Å². The van der Waals surface area contributed by atoms with E-state index in [0.717, 1.165) is 23.9 Å². The summed E-state index contributed by atoms with van der Waals surface area (Å²) in [5.74, 6) is 0.877. The van der Waals surface area contributed by atoms with E-state index in [-0.39, 0.29) is 0 Å². The van der Waals surface area contributed by atoms with Crippen LogP contribution in [0, 0.1) is 0 Å². The van der Waals surface area contributed by atoms with Gasteiger partial charge in [0.1, 0.15) is 10.8 Å². The molecular formula is C13H22N4S. The first-order chi connectivity index (χ1) is 8.88. The fraction of sp³-hybridized carbons (Fsp3) is 0.692. The van der Waals surface area contributed by atoms with Gasteiger partial charge in [-0.1, -0.05) is 12.8 Å². The van der Waals surface area contributed by atoms with E-state index in [1.54, 1.807) is 11.8 Å². The van der Waals surface area contributed by atoms with Gasteiger partial charge in [-0.15, -0.1) is 22.0 Å². The Kier molecular flexibility index (Phi) is 5.74. The molecule has 0 saturated carbocycles. The minimum Gasteiger partial charge on any atom is -0.367 e. The van der Waals surface area contributed by atoms with E-state index in [0.29, 0.717) is 0 Å². The summed E-state index contributed by atoms with van der Waals surface area (Å²) in [5, 5.41) is 12.6. The molecule has 4 nitrogen and oxygen atoms in total. The second kappa shape index (κ2) is 7.59. The van der Waals surface area contributed by atoms with Gasteiger partial charge in [-0.05, 0) is 44.3 Å². The summed E-state index contributed by atoms with van der Waals surface area (Å²) < 4.78 is 0. The molecule has 1 aromatic heterocycles. The fourth-order valence-corrected chi connectivity index (χ4v) is 2.55. The minimum absolute atomic E-state index is 0.877. The van der Waals surface area contributed by atoms with Gasteiger partial charge in [0.2, 0.25) is 0 Å². The molecule has 2 heterocycles. The maximum Gasteiger partial charge on any atom is 0.148 e. The first kappa shape index (κ1) is 13.6. The number of rotatable bonds is 5. The Morgan fingerprint density at radius 3 is 2.56 bits per heavy atom. The Hall–Kier alpha value is -0.810. The smallest absolute Gasteiger partial charge is 0.148 e. The van der Waals surface area contributed by atoms with Crippen molar-refractivity contribution in [2.75, 3.05) is 37.8 Å². The third kappa shape index (κ3) is 4.46. The van der Waals surface area contributed by atoms with Crippen LogP contribution in [-0.4, -0.2) is 47.5 Å². The normalized spacial score (nSPS) is 17.4. The number of anilines is 1. The van der Waals surface area contributed by atoms with Gasteiger partial charge in [0, 0.05) is 13.1 Å². The van der Waals surface area contributed by atoms with Gasteiger partial charge in [-0.25, -0.2) is 0 Å². The molecule has 1 saturated heterocycles. The van der Waals surface area contributed by atoms with E-state index in [1.165, 1.54) is 38.8 Å². The average Bonchev–Trinajstić information content (AvgIpc) is 2.68. The van der Waals surface area contributed by atoms with E-state index in [1.807, 2.05) is 18.4 Å². The maximum absolute atomic E-state index is 4.15. The lowest BCUT2D eigenvalue weighted by atomic mass is 10.2. The largest absolute Gasteiger partial charge is 0.367 e. The number of hydrogen-bond acceptors (Lipinski definition) is 5. The molecule has 1 N–H and O–H groups in total. The first-order valence-electron chi connectivity index (χ1n) is 6.72. The van der Waals surface area contributed by atoms with Crippen molar-refractivity contribution in [1.82, 2.24) is 15.1 Å². The molecule has 0 radical (unpaired) electrons. The van der Waals surface area contributed by atoms with Gasteiger partial charge in [0.15, 0.2) is 0 Å². The van der Waals surface area contributed by atoms with Crippen LogP contribution >= 0.6 is 11.8 Å². The number of thioether (sulfide) groups is 1. The second-order valence-corrected chi connectivity index (χ2v) is 5.47. The standard InChI is InChI=1S/C13H22N4S/c1-18-13-7-6-12(15-16-13)14-8-11-17-9-4-2-3-5-10-17/h6-7H,2-5,8-11H2,1H3,(H,14,15). The summed E-state index contributed by atoms with van der Waals surface area (Å²) in [6.07, 6.45) is 7.50. The number of nitrogens with one attached hydrogen (secondary N) is 1. The van der Waals surface area contributed by atoms with Crippen molar-refractivity contribution in [2.24, 2.45) is 0 Å². The Morgan fingerprint density at radius 1 is 1.17 bits per heavy atom. The van der Waals surface area contributed by atoms with Crippen LogP contribution in [0.2, 0.25) is 0 Å². The van der Waals surface area contributed by atoms with Crippen LogP contribution in [0.4, 0.5) is 5.82 Å². The summed E-state index contributed by atoms with van der Waals surface area (Å²) in [6.45, 7) is 4.55. The molecule has 0 unspecified atom stereocenters. The molecule has 0 atom stereocenters. The van der Waals surface area contributed by atoms with E-state index in [4.69, 9.17) is 0 Å². The van der Waals surface area contributed by atoms with Crippen molar-refractivity contribution < 1.29 is 0 Å². The predicted molar refractivity (Wildman–Crippen MR) is 77.2 cm³/mol. The van der Waals surface area contributed by atoms with Crippen molar-refractivity contribution in [1.29, 1.82) is 0 Å². The van der Waals surface area contributed by atoms with Crippen molar-refractivity contribution in [2.45, 2.75) is 30.7 Å². The van der Waals surface area contributed by atoms with Gasteiger partial charge in [-0.2, -0.15) is 0 Å². The number of nitrogens with zero attached hydrogens (tertiary/aromatic N) is 3. The van der Waals surface area contributed by atoms with Crippen molar-refractivity contribution in [3.63, 3.8) is 0 Å². The molecule has 2 rings (SSSR count). The van der Waals surface area contributed by atoms with Crippen LogP contribution in [0.3, 0.4) is 0 Å². The van der Waals surface area contributed by atoms with E-state index in [9.17, 15) is 0 Å². The quantitative estimate of drug-likeness (QED) is 0.829. The molecule has 0 spiro atoms. The molecule has 5 heteroatoms. The summed E-state index contributed by atoms with van der Waals surface area (Å²) in [4.78, 5) is 2.55. The number of likely N-dealkylation sites (tertiary alicyclic amines) is 1. The average molecular weight is 266 g/mol. The van der Waals surface area contributed by atoms with Crippen LogP contribution in [0.1, 0.15) is 25.7 Å². The topological polar surface area (TPSA) is 41.0 Å². The monoisotopic (exact) mass is 266 g/mol. The molecular weight excluding hydrogens is 244 g/mol. The highest BCUT2D eigenvalue weighted by molar-refractivity contribution is 7.98. The highest BCUT2D eigenvalue weighted by atomic mass is 32.2. The fourth-order valence-electron chi connectivity index (χ4n) is 2.23. The van der Waals surface area contributed by atoms with Crippen LogP contribution in [0.15, 0.2) is 17.2 Å². The minimum atomic E-state index is 0.877. The maximum atomic E-state index is 4.15. The number of aromatic nitrogens is 2. The lowest BCUT2D eigenvalue weighted by Crippen LogP contribution is -2.30. The molecule has 18 heavy (non-hydrogen) atoms. The molecule has 0 aromatic carbocycles. The van der Waals surface area contributed by atoms with Crippen LogP contribution in [-0.2, 0) is 0 Å². The Morgan fingerprint density at radius 2 is 1.94 bits per heavy atom. The van der Waals surface area contributed by atoms with Crippen molar-refractivity contribution in [3.05, 3.63) is 12.1 Å². The van der Waals surface area contributed by atoms with Crippen molar-refractivity contribution in [3.8, 4) is 0 Å². The van der Waals surface area contributed by atoms with Crippen molar-refractivity contribution >= 4 is 17.6 Å². The van der Waals surface area contributed by atoms with E-state index in [2.05, 4.69) is 20.4 Å². The molecule has 0 amide bonds. The SMILES string of the molecule is CSc1ccc(NCCN2CCCCCC2)nn1. The molecule has 1 fully saturated rings. The Balaban J connectivity index is 1.70. The molecule has 0 aliphatic carbocycles. The molecule has 1 aliphatic heterocycles. The molecule has 100 valence electrons. The van der Waals surface area contributed by atoms with E-state index >= 15 is 0 Å². The zero-order chi connectivity index (χ0) is 12.6.